The van der Waals surface area contributed by atoms with Crippen LogP contribution in [0.15, 0.2) is 54.3 Å². The van der Waals surface area contributed by atoms with Crippen molar-refractivity contribution in [3.8, 4) is 0 Å². The molecule has 2 aliphatic rings. The second kappa shape index (κ2) is 5.53. The summed E-state index contributed by atoms with van der Waals surface area (Å²) in [4.78, 5) is 14.2. The predicted octanol–water partition coefficient (Wildman–Crippen LogP) is 2.75. The fraction of sp³-hybridized carbons (Fsp3) is 0.353. The molecule has 0 amide bonds. The number of nitrogens with zero attached hydrogens (tertiary/aromatic N) is 1. The topological polar surface area (TPSA) is 29.5 Å². The summed E-state index contributed by atoms with van der Waals surface area (Å²) in [5, 5.41) is 0. The van der Waals surface area contributed by atoms with E-state index in [0.29, 0.717) is 5.92 Å². The van der Waals surface area contributed by atoms with Gasteiger partial charge in [0.05, 0.1) is 12.7 Å². The molecule has 0 N–H and O–H groups in total. The molecule has 1 aromatic rings. The van der Waals surface area contributed by atoms with Crippen molar-refractivity contribution in [2.75, 3.05) is 13.7 Å². The van der Waals surface area contributed by atoms with Crippen molar-refractivity contribution in [3.63, 3.8) is 0 Å². The first-order valence-corrected chi connectivity index (χ1v) is 7.02. The lowest BCUT2D eigenvalue weighted by Crippen LogP contribution is -2.35. The molecule has 0 saturated heterocycles. The summed E-state index contributed by atoms with van der Waals surface area (Å²) < 4.78 is 4.93. The minimum atomic E-state index is -0.204. The molecule has 0 bridgehead atoms. The Balaban J connectivity index is 1.82. The van der Waals surface area contributed by atoms with Crippen LogP contribution in [0.25, 0.3) is 0 Å². The highest BCUT2D eigenvalue weighted by molar-refractivity contribution is 5.89. The molecule has 1 aromatic carbocycles. The standard InChI is InChI=1S/C17H19NO2/c1-20-17(19)16-12-18(10-13-6-3-2-4-7-13)11-14-8-5-9-15(14)16/h2-7,9,12,14-15H,8,10-11H2,1H3/t14-,15-/m0/s1. The molecule has 3 heteroatoms. The highest BCUT2D eigenvalue weighted by Crippen LogP contribution is 2.36. The Labute approximate surface area is 119 Å². The number of esters is 1. The maximum Gasteiger partial charge on any atom is 0.335 e. The third kappa shape index (κ3) is 2.48. The van der Waals surface area contributed by atoms with E-state index in [1.165, 1.54) is 12.7 Å². The molecule has 0 radical (unpaired) electrons. The number of rotatable bonds is 3. The zero-order valence-corrected chi connectivity index (χ0v) is 11.7. The first kappa shape index (κ1) is 13.0. The zero-order valence-electron chi connectivity index (χ0n) is 11.7. The molecule has 1 aliphatic carbocycles. The zero-order chi connectivity index (χ0) is 13.9. The Bertz CT molecular complexity index is 547. The fourth-order valence-corrected chi connectivity index (χ4v) is 3.12. The van der Waals surface area contributed by atoms with Crippen LogP contribution in [0, 0.1) is 11.8 Å². The van der Waals surface area contributed by atoms with E-state index in [0.717, 1.165) is 25.1 Å². The quantitative estimate of drug-likeness (QED) is 0.624. The van der Waals surface area contributed by atoms with Gasteiger partial charge in [0.1, 0.15) is 0 Å². The third-order valence-electron chi connectivity index (χ3n) is 4.09. The maximum atomic E-state index is 12.0. The van der Waals surface area contributed by atoms with E-state index in [1.54, 1.807) is 0 Å². The summed E-state index contributed by atoms with van der Waals surface area (Å²) in [6.45, 7) is 1.83. The average molecular weight is 269 g/mol. The molecular formula is C17H19NO2. The minimum Gasteiger partial charge on any atom is -0.466 e. The summed E-state index contributed by atoms with van der Waals surface area (Å²) in [7, 11) is 1.45. The number of methoxy groups -OCH3 is 1. The molecule has 104 valence electrons. The number of fused-ring (bicyclic) bond motifs is 1. The highest BCUT2D eigenvalue weighted by Gasteiger charge is 2.35. The number of allylic oxidation sites excluding steroid dienone is 2. The molecule has 0 saturated carbocycles. The molecule has 3 nitrogen and oxygen atoms in total. The lowest BCUT2D eigenvalue weighted by atomic mass is 9.85. The van der Waals surface area contributed by atoms with Crippen LogP contribution in [0.4, 0.5) is 0 Å². The van der Waals surface area contributed by atoms with Crippen molar-refractivity contribution in [1.82, 2.24) is 4.90 Å². The lowest BCUT2D eigenvalue weighted by Gasteiger charge is -2.34. The highest BCUT2D eigenvalue weighted by atomic mass is 16.5. The molecule has 0 spiro atoms. The molecule has 1 heterocycles. The molecule has 20 heavy (non-hydrogen) atoms. The van der Waals surface area contributed by atoms with Gasteiger partial charge in [0.2, 0.25) is 0 Å². The van der Waals surface area contributed by atoms with Gasteiger partial charge in [0.25, 0.3) is 0 Å². The largest absolute Gasteiger partial charge is 0.466 e. The van der Waals surface area contributed by atoms with Gasteiger partial charge in [-0.1, -0.05) is 42.5 Å². The molecule has 0 fully saturated rings. The fourth-order valence-electron chi connectivity index (χ4n) is 3.12. The molecule has 1 aliphatic heterocycles. The average Bonchev–Trinajstić information content (AvgIpc) is 2.95. The Hall–Kier alpha value is -2.03. The van der Waals surface area contributed by atoms with Crippen LogP contribution >= 0.6 is 0 Å². The van der Waals surface area contributed by atoms with E-state index in [4.69, 9.17) is 4.74 Å². The summed E-state index contributed by atoms with van der Waals surface area (Å²) in [6, 6.07) is 10.3. The van der Waals surface area contributed by atoms with Gasteiger partial charge in [-0.15, -0.1) is 0 Å². The van der Waals surface area contributed by atoms with Gasteiger partial charge in [0.15, 0.2) is 0 Å². The van der Waals surface area contributed by atoms with E-state index in [9.17, 15) is 4.79 Å². The van der Waals surface area contributed by atoms with Crippen LogP contribution in [0.2, 0.25) is 0 Å². The van der Waals surface area contributed by atoms with Crippen LogP contribution in [0.1, 0.15) is 12.0 Å². The Morgan fingerprint density at radius 2 is 2.15 bits per heavy atom. The number of hydrogen-bond acceptors (Lipinski definition) is 3. The van der Waals surface area contributed by atoms with Gasteiger partial charge in [-0.05, 0) is 17.9 Å². The Morgan fingerprint density at radius 3 is 2.90 bits per heavy atom. The van der Waals surface area contributed by atoms with E-state index < -0.39 is 0 Å². The van der Waals surface area contributed by atoms with Crippen molar-refractivity contribution < 1.29 is 9.53 Å². The van der Waals surface area contributed by atoms with Gasteiger partial charge in [-0.2, -0.15) is 0 Å². The maximum absolute atomic E-state index is 12.0. The summed E-state index contributed by atoms with van der Waals surface area (Å²) in [5.41, 5.74) is 2.05. The summed E-state index contributed by atoms with van der Waals surface area (Å²) >= 11 is 0. The Morgan fingerprint density at radius 1 is 1.35 bits per heavy atom. The van der Waals surface area contributed by atoms with E-state index in [2.05, 4.69) is 29.2 Å². The molecule has 0 aromatic heterocycles. The van der Waals surface area contributed by atoms with E-state index in [-0.39, 0.29) is 11.9 Å². The van der Waals surface area contributed by atoms with Crippen molar-refractivity contribution in [1.29, 1.82) is 0 Å². The first-order chi connectivity index (χ1) is 9.78. The van der Waals surface area contributed by atoms with Crippen LogP contribution in [-0.4, -0.2) is 24.5 Å². The van der Waals surface area contributed by atoms with Crippen LogP contribution in [0.3, 0.4) is 0 Å². The molecule has 0 unspecified atom stereocenters. The monoisotopic (exact) mass is 269 g/mol. The van der Waals surface area contributed by atoms with Crippen molar-refractivity contribution >= 4 is 5.97 Å². The molecule has 2 atom stereocenters. The van der Waals surface area contributed by atoms with Crippen molar-refractivity contribution in [2.45, 2.75) is 13.0 Å². The van der Waals surface area contributed by atoms with Crippen LogP contribution < -0.4 is 0 Å². The smallest absolute Gasteiger partial charge is 0.335 e. The molecular weight excluding hydrogens is 250 g/mol. The second-order valence-electron chi connectivity index (χ2n) is 5.44. The second-order valence-corrected chi connectivity index (χ2v) is 5.44. The number of ether oxygens (including phenoxy) is 1. The normalized spacial score (nSPS) is 24.2. The van der Waals surface area contributed by atoms with Crippen LogP contribution in [0.5, 0.6) is 0 Å². The van der Waals surface area contributed by atoms with Crippen molar-refractivity contribution in [3.05, 3.63) is 59.8 Å². The molecule has 3 rings (SSSR count). The van der Waals surface area contributed by atoms with Gasteiger partial charge in [-0.25, -0.2) is 4.79 Å². The van der Waals surface area contributed by atoms with Gasteiger partial charge < -0.3 is 9.64 Å². The number of carbonyl (C=O) groups excluding carboxylic acids is 1. The van der Waals surface area contributed by atoms with Crippen molar-refractivity contribution in [2.24, 2.45) is 11.8 Å². The number of hydrogen-bond donors (Lipinski definition) is 0. The number of carbonyl (C=O) groups is 1. The van der Waals surface area contributed by atoms with E-state index >= 15 is 0 Å². The van der Waals surface area contributed by atoms with Gasteiger partial charge in [0, 0.05) is 25.2 Å². The lowest BCUT2D eigenvalue weighted by molar-refractivity contribution is -0.137. The third-order valence-corrected chi connectivity index (χ3v) is 4.09. The number of benzene rings is 1. The summed E-state index contributed by atoms with van der Waals surface area (Å²) in [5.74, 6) is 0.525. The first-order valence-electron chi connectivity index (χ1n) is 7.02. The minimum absolute atomic E-state index is 0.204. The SMILES string of the molecule is COC(=O)C1=CN(Cc2ccccc2)C[C@@H]2CC=C[C@H]12. The van der Waals surface area contributed by atoms with E-state index in [1.807, 2.05) is 24.4 Å². The summed E-state index contributed by atoms with van der Waals surface area (Å²) in [6.07, 6.45) is 7.35. The van der Waals surface area contributed by atoms with Gasteiger partial charge >= 0.3 is 5.97 Å². The predicted molar refractivity (Wildman–Crippen MR) is 77.7 cm³/mol. The van der Waals surface area contributed by atoms with Gasteiger partial charge in [-0.3, -0.25) is 0 Å². The Kier molecular flexibility index (Phi) is 3.59. The van der Waals surface area contributed by atoms with Crippen LogP contribution in [-0.2, 0) is 16.1 Å².